The third kappa shape index (κ3) is 3.66. The maximum Gasteiger partial charge on any atom is 0.257 e. The highest BCUT2D eigenvalue weighted by Crippen LogP contribution is 2.23. The maximum atomic E-state index is 12.2. The fourth-order valence-electron chi connectivity index (χ4n) is 1.48. The van der Waals surface area contributed by atoms with E-state index in [9.17, 15) is 4.79 Å². The summed E-state index contributed by atoms with van der Waals surface area (Å²) in [4.78, 5) is 13.8. The molecular formula is C11H8BrCl2N3OS. The minimum absolute atomic E-state index is 0.0488. The second kappa shape index (κ2) is 6.17. The molecule has 0 N–H and O–H groups in total. The Balaban J connectivity index is 2.16. The largest absolute Gasteiger partial charge is 0.337 e. The highest BCUT2D eigenvalue weighted by molar-refractivity contribution is 9.11. The maximum absolute atomic E-state index is 12.2. The predicted octanol–water partition coefficient (Wildman–Crippen LogP) is 3.88. The van der Waals surface area contributed by atoms with Crippen molar-refractivity contribution in [3.8, 4) is 0 Å². The molecule has 0 atom stereocenters. The molecule has 0 aliphatic heterocycles. The Morgan fingerprint density at radius 2 is 2.16 bits per heavy atom. The monoisotopic (exact) mass is 379 g/mol. The van der Waals surface area contributed by atoms with Crippen molar-refractivity contribution in [2.75, 3.05) is 7.05 Å². The number of nitrogens with zero attached hydrogens (tertiary/aromatic N) is 3. The summed E-state index contributed by atoms with van der Waals surface area (Å²) < 4.78 is 1.02. The molecule has 2 aromatic rings. The number of hydrogen-bond donors (Lipinski definition) is 0. The quantitative estimate of drug-likeness (QED) is 0.811. The van der Waals surface area contributed by atoms with Crippen LogP contribution in [0.15, 0.2) is 21.3 Å². The van der Waals surface area contributed by atoms with E-state index in [1.54, 1.807) is 23.3 Å². The van der Waals surface area contributed by atoms with Gasteiger partial charge in [-0.3, -0.25) is 4.79 Å². The lowest BCUT2D eigenvalue weighted by atomic mass is 10.2. The van der Waals surface area contributed by atoms with Gasteiger partial charge in [-0.15, -0.1) is 21.5 Å². The first-order chi connectivity index (χ1) is 8.97. The van der Waals surface area contributed by atoms with Gasteiger partial charge in [0.25, 0.3) is 5.91 Å². The normalized spacial score (nSPS) is 10.5. The van der Waals surface area contributed by atoms with E-state index in [1.165, 1.54) is 6.07 Å². The Bertz CT molecular complexity index is 620. The van der Waals surface area contributed by atoms with Gasteiger partial charge < -0.3 is 4.90 Å². The Kier molecular flexibility index (Phi) is 4.78. The predicted molar refractivity (Wildman–Crippen MR) is 79.9 cm³/mol. The summed E-state index contributed by atoms with van der Waals surface area (Å²) in [6, 6.07) is 3.38. The third-order valence-corrected chi connectivity index (χ3v) is 4.35. The van der Waals surface area contributed by atoms with E-state index in [0.717, 1.165) is 9.35 Å². The Morgan fingerprint density at radius 1 is 1.42 bits per heavy atom. The summed E-state index contributed by atoms with van der Waals surface area (Å²) in [5, 5.41) is 9.37. The first kappa shape index (κ1) is 14.7. The number of rotatable bonds is 3. The molecule has 2 heterocycles. The molecule has 0 spiro atoms. The SMILES string of the molecule is CN(Cc1csc(Br)c1)C(=O)c1cc(Cl)nnc1Cl. The van der Waals surface area contributed by atoms with Crippen molar-refractivity contribution in [2.24, 2.45) is 0 Å². The molecule has 0 aliphatic rings. The molecule has 100 valence electrons. The molecule has 4 nitrogen and oxygen atoms in total. The number of thiophene rings is 1. The van der Waals surface area contributed by atoms with Crippen LogP contribution in [0.25, 0.3) is 0 Å². The van der Waals surface area contributed by atoms with Crippen LogP contribution in [0.3, 0.4) is 0 Å². The van der Waals surface area contributed by atoms with Gasteiger partial charge in [0.05, 0.1) is 9.35 Å². The van der Waals surface area contributed by atoms with Gasteiger partial charge in [-0.1, -0.05) is 23.2 Å². The molecule has 1 amide bonds. The number of halogens is 3. The van der Waals surface area contributed by atoms with Crippen LogP contribution in [-0.2, 0) is 6.54 Å². The van der Waals surface area contributed by atoms with Crippen molar-refractivity contribution < 1.29 is 4.79 Å². The van der Waals surface area contributed by atoms with Crippen molar-refractivity contribution >= 4 is 56.4 Å². The van der Waals surface area contributed by atoms with Crippen molar-refractivity contribution in [2.45, 2.75) is 6.54 Å². The lowest BCUT2D eigenvalue weighted by Crippen LogP contribution is -2.26. The minimum Gasteiger partial charge on any atom is -0.337 e. The summed E-state index contributed by atoms with van der Waals surface area (Å²) in [6.45, 7) is 0.483. The number of amides is 1. The van der Waals surface area contributed by atoms with E-state index >= 15 is 0 Å². The summed E-state index contributed by atoms with van der Waals surface area (Å²) in [7, 11) is 1.69. The fraction of sp³-hybridized carbons (Fsp3) is 0.182. The standard InChI is InChI=1S/C11H8BrCl2N3OS/c1-17(4-6-2-8(12)19-5-6)11(18)7-3-9(13)15-16-10(7)14/h2-3,5H,4H2,1H3. The van der Waals surface area contributed by atoms with Gasteiger partial charge in [-0.2, -0.15) is 0 Å². The minimum atomic E-state index is -0.246. The topological polar surface area (TPSA) is 46.1 Å². The van der Waals surface area contributed by atoms with Crippen LogP contribution in [0, 0.1) is 0 Å². The number of hydrogen-bond acceptors (Lipinski definition) is 4. The average molecular weight is 381 g/mol. The molecule has 0 bridgehead atoms. The lowest BCUT2D eigenvalue weighted by molar-refractivity contribution is 0.0785. The number of carbonyl (C=O) groups is 1. The molecule has 2 aromatic heterocycles. The van der Waals surface area contributed by atoms with Crippen molar-refractivity contribution in [1.82, 2.24) is 15.1 Å². The molecule has 0 fully saturated rings. The Morgan fingerprint density at radius 3 is 2.79 bits per heavy atom. The highest BCUT2D eigenvalue weighted by atomic mass is 79.9. The first-order valence-corrected chi connectivity index (χ1v) is 7.57. The van der Waals surface area contributed by atoms with Crippen LogP contribution in [0.2, 0.25) is 10.3 Å². The van der Waals surface area contributed by atoms with Gasteiger partial charge in [0.15, 0.2) is 10.3 Å². The second-order valence-corrected chi connectivity index (χ2v) is 6.83. The number of carbonyl (C=O) groups excluding carboxylic acids is 1. The van der Waals surface area contributed by atoms with Gasteiger partial charge in [-0.25, -0.2) is 0 Å². The second-order valence-electron chi connectivity index (χ2n) is 3.79. The molecule has 8 heteroatoms. The van der Waals surface area contributed by atoms with E-state index < -0.39 is 0 Å². The Hall–Kier alpha value is -0.690. The van der Waals surface area contributed by atoms with Gasteiger partial charge in [0, 0.05) is 13.6 Å². The molecule has 0 saturated heterocycles. The summed E-state index contributed by atoms with van der Waals surface area (Å²) >= 11 is 16.5. The number of aromatic nitrogens is 2. The first-order valence-electron chi connectivity index (χ1n) is 5.14. The van der Waals surface area contributed by atoms with E-state index in [1.807, 2.05) is 11.4 Å². The van der Waals surface area contributed by atoms with Gasteiger partial charge in [0.1, 0.15) is 0 Å². The molecular weight excluding hydrogens is 373 g/mol. The Labute approximate surface area is 132 Å². The highest BCUT2D eigenvalue weighted by Gasteiger charge is 2.17. The summed E-state index contributed by atoms with van der Waals surface area (Å²) in [5.41, 5.74) is 1.29. The smallest absolute Gasteiger partial charge is 0.257 e. The van der Waals surface area contributed by atoms with Crippen molar-refractivity contribution in [1.29, 1.82) is 0 Å². The van der Waals surface area contributed by atoms with Crippen molar-refractivity contribution in [3.05, 3.63) is 42.7 Å². The van der Waals surface area contributed by atoms with E-state index in [4.69, 9.17) is 23.2 Å². The molecule has 2 rings (SSSR count). The van der Waals surface area contributed by atoms with Gasteiger partial charge in [0.2, 0.25) is 0 Å². The van der Waals surface area contributed by atoms with Gasteiger partial charge in [-0.05, 0) is 39.0 Å². The molecule has 19 heavy (non-hydrogen) atoms. The molecule has 0 radical (unpaired) electrons. The van der Waals surface area contributed by atoms with Crippen LogP contribution in [0.5, 0.6) is 0 Å². The van der Waals surface area contributed by atoms with Crippen LogP contribution < -0.4 is 0 Å². The fourth-order valence-corrected chi connectivity index (χ4v) is 3.00. The molecule has 0 aliphatic carbocycles. The van der Waals surface area contributed by atoms with E-state index in [0.29, 0.717) is 6.54 Å². The molecule has 0 saturated carbocycles. The zero-order chi connectivity index (χ0) is 14.0. The van der Waals surface area contributed by atoms with E-state index in [-0.39, 0.29) is 21.8 Å². The van der Waals surface area contributed by atoms with Crippen molar-refractivity contribution in [3.63, 3.8) is 0 Å². The van der Waals surface area contributed by atoms with Crippen LogP contribution >= 0.6 is 50.5 Å². The van der Waals surface area contributed by atoms with E-state index in [2.05, 4.69) is 26.1 Å². The van der Waals surface area contributed by atoms with Gasteiger partial charge >= 0.3 is 0 Å². The summed E-state index contributed by atoms with van der Waals surface area (Å²) in [5.74, 6) is -0.246. The van der Waals surface area contributed by atoms with Crippen LogP contribution in [-0.4, -0.2) is 28.1 Å². The lowest BCUT2D eigenvalue weighted by Gasteiger charge is -2.16. The molecule has 0 unspecified atom stereocenters. The third-order valence-electron chi connectivity index (χ3n) is 2.34. The molecule has 0 aromatic carbocycles. The zero-order valence-corrected chi connectivity index (χ0v) is 13.6. The summed E-state index contributed by atoms with van der Waals surface area (Å²) in [6.07, 6.45) is 0. The van der Waals surface area contributed by atoms with Crippen LogP contribution in [0.1, 0.15) is 15.9 Å². The average Bonchev–Trinajstić information content (AvgIpc) is 2.77. The zero-order valence-electron chi connectivity index (χ0n) is 9.73. The van der Waals surface area contributed by atoms with Crippen LogP contribution in [0.4, 0.5) is 0 Å².